The van der Waals surface area contributed by atoms with Gasteiger partial charge in [0.1, 0.15) is 23.5 Å². The van der Waals surface area contributed by atoms with Crippen molar-refractivity contribution in [3.63, 3.8) is 0 Å². The minimum atomic E-state index is -0.159. The molecule has 1 atom stereocenters. The van der Waals surface area contributed by atoms with Crippen LogP contribution in [0.2, 0.25) is 0 Å². The third-order valence-electron chi connectivity index (χ3n) is 4.49. The van der Waals surface area contributed by atoms with Crippen LogP contribution in [-0.2, 0) is 0 Å². The SMILES string of the molecule is Cc1cccc(Nc2nccnc2[C@@H]2CCCN2C(=O)c2ccncn2)n1. The quantitative estimate of drug-likeness (QED) is 0.763. The summed E-state index contributed by atoms with van der Waals surface area (Å²) in [4.78, 5) is 36.1. The molecule has 4 heterocycles. The fourth-order valence-electron chi connectivity index (χ4n) is 3.28. The van der Waals surface area contributed by atoms with E-state index in [4.69, 9.17) is 0 Å². The molecule has 0 bridgehead atoms. The highest BCUT2D eigenvalue weighted by atomic mass is 16.2. The number of carbonyl (C=O) groups is 1. The number of nitrogens with zero attached hydrogens (tertiary/aromatic N) is 6. The first-order valence-electron chi connectivity index (χ1n) is 8.81. The van der Waals surface area contributed by atoms with Crippen LogP contribution in [0.25, 0.3) is 0 Å². The van der Waals surface area contributed by atoms with Crippen molar-refractivity contribution >= 4 is 17.5 Å². The Balaban J connectivity index is 1.63. The van der Waals surface area contributed by atoms with E-state index in [1.54, 1.807) is 29.6 Å². The molecule has 3 aromatic rings. The summed E-state index contributed by atoms with van der Waals surface area (Å²) in [6.45, 7) is 2.59. The van der Waals surface area contributed by atoms with Gasteiger partial charge >= 0.3 is 0 Å². The van der Waals surface area contributed by atoms with E-state index in [0.29, 0.717) is 23.9 Å². The van der Waals surface area contributed by atoms with Crippen LogP contribution in [-0.4, -0.2) is 42.3 Å². The van der Waals surface area contributed by atoms with Crippen molar-refractivity contribution < 1.29 is 4.79 Å². The van der Waals surface area contributed by atoms with Crippen LogP contribution in [0.4, 0.5) is 11.6 Å². The normalized spacial score (nSPS) is 16.3. The zero-order chi connectivity index (χ0) is 18.6. The van der Waals surface area contributed by atoms with Gasteiger partial charge in [-0.3, -0.25) is 9.78 Å². The average Bonchev–Trinajstić information content (AvgIpc) is 3.18. The third kappa shape index (κ3) is 3.59. The molecule has 1 fully saturated rings. The van der Waals surface area contributed by atoms with Crippen molar-refractivity contribution in [1.82, 2.24) is 29.8 Å². The number of aromatic nitrogens is 5. The van der Waals surface area contributed by atoms with Crippen molar-refractivity contribution in [3.8, 4) is 0 Å². The predicted octanol–water partition coefficient (Wildman–Crippen LogP) is 2.69. The van der Waals surface area contributed by atoms with Crippen LogP contribution in [0.15, 0.2) is 49.2 Å². The minimum absolute atomic E-state index is 0.120. The monoisotopic (exact) mass is 361 g/mol. The van der Waals surface area contributed by atoms with Crippen LogP contribution in [0.1, 0.15) is 40.8 Å². The second-order valence-corrected chi connectivity index (χ2v) is 6.33. The summed E-state index contributed by atoms with van der Waals surface area (Å²) in [5, 5.41) is 3.24. The molecule has 1 aliphatic rings. The first-order chi connectivity index (χ1) is 13.2. The van der Waals surface area contributed by atoms with Gasteiger partial charge in [0.05, 0.1) is 6.04 Å². The Hall–Kier alpha value is -3.42. The molecule has 1 N–H and O–H groups in total. The van der Waals surface area contributed by atoms with Gasteiger partial charge in [0.25, 0.3) is 5.91 Å². The fraction of sp³-hybridized carbons (Fsp3) is 0.263. The molecule has 1 aliphatic heterocycles. The van der Waals surface area contributed by atoms with Gasteiger partial charge < -0.3 is 10.2 Å². The standard InChI is InChI=1S/C19H19N7O/c1-13-4-2-6-16(24-13)25-18-17(21-9-10-22-18)15-5-3-11-26(15)19(27)14-7-8-20-12-23-14/h2,4,6-10,12,15H,3,5,11H2,1H3,(H,22,24,25)/t15-/m0/s1. The first kappa shape index (κ1) is 17.0. The van der Waals surface area contributed by atoms with Crippen LogP contribution in [0.5, 0.6) is 0 Å². The lowest BCUT2D eigenvalue weighted by atomic mass is 10.1. The van der Waals surface area contributed by atoms with Crippen LogP contribution in [0.3, 0.4) is 0 Å². The summed E-state index contributed by atoms with van der Waals surface area (Å²) in [6.07, 6.45) is 7.97. The number of anilines is 2. The minimum Gasteiger partial charge on any atom is -0.329 e. The number of pyridine rings is 1. The van der Waals surface area contributed by atoms with Crippen molar-refractivity contribution in [3.05, 3.63) is 66.3 Å². The second-order valence-electron chi connectivity index (χ2n) is 6.33. The lowest BCUT2D eigenvalue weighted by Crippen LogP contribution is -2.32. The molecular weight excluding hydrogens is 342 g/mol. The summed E-state index contributed by atoms with van der Waals surface area (Å²) in [5.74, 6) is 1.19. The van der Waals surface area contributed by atoms with E-state index in [1.807, 2.05) is 25.1 Å². The molecule has 0 aromatic carbocycles. The van der Waals surface area contributed by atoms with Crippen molar-refractivity contribution in [1.29, 1.82) is 0 Å². The highest BCUT2D eigenvalue weighted by Gasteiger charge is 2.34. The lowest BCUT2D eigenvalue weighted by molar-refractivity contribution is 0.0727. The van der Waals surface area contributed by atoms with Crippen molar-refractivity contribution in [2.45, 2.75) is 25.8 Å². The van der Waals surface area contributed by atoms with Gasteiger partial charge in [-0.05, 0) is 38.0 Å². The smallest absolute Gasteiger partial charge is 0.273 e. The van der Waals surface area contributed by atoms with Gasteiger partial charge in [-0.2, -0.15) is 0 Å². The molecule has 8 heteroatoms. The van der Waals surface area contributed by atoms with Gasteiger partial charge in [0, 0.05) is 30.8 Å². The van der Waals surface area contributed by atoms with Gasteiger partial charge in [0.15, 0.2) is 5.82 Å². The molecule has 1 amide bonds. The number of rotatable bonds is 4. The molecule has 0 spiro atoms. The Morgan fingerprint density at radius 3 is 2.85 bits per heavy atom. The molecule has 0 saturated carbocycles. The maximum Gasteiger partial charge on any atom is 0.273 e. The van der Waals surface area contributed by atoms with E-state index >= 15 is 0 Å². The summed E-state index contributed by atoms with van der Waals surface area (Å²) in [7, 11) is 0. The molecule has 0 unspecified atom stereocenters. The summed E-state index contributed by atoms with van der Waals surface area (Å²) in [5.41, 5.74) is 2.03. The maximum absolute atomic E-state index is 12.9. The van der Waals surface area contributed by atoms with Crippen LogP contribution >= 0.6 is 0 Å². The molecule has 4 rings (SSSR count). The molecule has 136 valence electrons. The number of hydrogen-bond donors (Lipinski definition) is 1. The van der Waals surface area contributed by atoms with E-state index < -0.39 is 0 Å². The maximum atomic E-state index is 12.9. The van der Waals surface area contributed by atoms with Gasteiger partial charge in [-0.1, -0.05) is 6.07 Å². The van der Waals surface area contributed by atoms with E-state index in [1.165, 1.54) is 6.33 Å². The largest absolute Gasteiger partial charge is 0.329 e. The number of amides is 1. The second kappa shape index (κ2) is 7.45. The fourth-order valence-corrected chi connectivity index (χ4v) is 3.28. The number of aryl methyl sites for hydroxylation is 1. The average molecular weight is 361 g/mol. The van der Waals surface area contributed by atoms with Crippen molar-refractivity contribution in [2.75, 3.05) is 11.9 Å². The Kier molecular flexibility index (Phi) is 4.69. The molecule has 3 aromatic heterocycles. The highest BCUT2D eigenvalue weighted by Crippen LogP contribution is 2.35. The van der Waals surface area contributed by atoms with E-state index in [9.17, 15) is 4.79 Å². The molecule has 0 radical (unpaired) electrons. The van der Waals surface area contributed by atoms with Gasteiger partial charge in [0.2, 0.25) is 0 Å². The summed E-state index contributed by atoms with van der Waals surface area (Å²) >= 11 is 0. The van der Waals surface area contributed by atoms with E-state index in [0.717, 1.165) is 24.2 Å². The van der Waals surface area contributed by atoms with Crippen LogP contribution in [0, 0.1) is 6.92 Å². The molecule has 1 saturated heterocycles. The number of hydrogen-bond acceptors (Lipinski definition) is 7. The Labute approximate surface area is 156 Å². The first-order valence-corrected chi connectivity index (χ1v) is 8.81. The van der Waals surface area contributed by atoms with E-state index in [-0.39, 0.29) is 11.9 Å². The Bertz CT molecular complexity index is 948. The number of carbonyl (C=O) groups excluding carboxylic acids is 1. The molecule has 8 nitrogen and oxygen atoms in total. The zero-order valence-electron chi connectivity index (χ0n) is 14.9. The predicted molar refractivity (Wildman–Crippen MR) is 99.3 cm³/mol. The third-order valence-corrected chi connectivity index (χ3v) is 4.49. The van der Waals surface area contributed by atoms with Gasteiger partial charge in [-0.15, -0.1) is 0 Å². The lowest BCUT2D eigenvalue weighted by Gasteiger charge is -2.25. The Morgan fingerprint density at radius 2 is 2.04 bits per heavy atom. The number of nitrogens with one attached hydrogen (secondary N) is 1. The van der Waals surface area contributed by atoms with Crippen molar-refractivity contribution in [2.24, 2.45) is 0 Å². The zero-order valence-corrected chi connectivity index (χ0v) is 14.9. The topological polar surface area (TPSA) is 96.8 Å². The highest BCUT2D eigenvalue weighted by molar-refractivity contribution is 5.92. The molecule has 0 aliphatic carbocycles. The molecule has 27 heavy (non-hydrogen) atoms. The summed E-state index contributed by atoms with van der Waals surface area (Å²) < 4.78 is 0. The number of likely N-dealkylation sites (tertiary alicyclic amines) is 1. The van der Waals surface area contributed by atoms with Gasteiger partial charge in [-0.25, -0.2) is 19.9 Å². The van der Waals surface area contributed by atoms with Crippen LogP contribution < -0.4 is 5.32 Å². The molecular formula is C19H19N7O. The van der Waals surface area contributed by atoms with E-state index in [2.05, 4.69) is 30.2 Å². The Morgan fingerprint density at radius 1 is 1.15 bits per heavy atom. The summed E-state index contributed by atoms with van der Waals surface area (Å²) in [6, 6.07) is 7.21.